The molecule has 0 bridgehead atoms. The summed E-state index contributed by atoms with van der Waals surface area (Å²) in [4.78, 5) is 15.7. The molecule has 4 rings (SSSR count). The average molecular weight is 480 g/mol. The fourth-order valence-corrected chi connectivity index (χ4v) is 6.65. The molecule has 3 heterocycles. The number of carbonyl (C=O) groups excluding carboxylic acids is 1. The van der Waals surface area contributed by atoms with Gasteiger partial charge < -0.3 is 14.8 Å². The van der Waals surface area contributed by atoms with Gasteiger partial charge in [-0.05, 0) is 56.4 Å². The summed E-state index contributed by atoms with van der Waals surface area (Å²) < 4.78 is 38.8. The quantitative estimate of drug-likeness (QED) is 0.639. The SMILES string of the molecule is Cc1ccc(S(=O)(=O)N2CCC(C(=O)NCC(C3CCOC3)N3CCOCC3)CC2)cc1C. The molecule has 1 aromatic rings. The number of sulfonamides is 1. The van der Waals surface area contributed by atoms with Crippen LogP contribution < -0.4 is 5.32 Å². The van der Waals surface area contributed by atoms with Crippen molar-refractivity contribution in [3.05, 3.63) is 29.3 Å². The number of rotatable bonds is 7. The van der Waals surface area contributed by atoms with E-state index >= 15 is 0 Å². The molecule has 0 spiro atoms. The van der Waals surface area contributed by atoms with Gasteiger partial charge in [0.15, 0.2) is 0 Å². The van der Waals surface area contributed by atoms with E-state index in [9.17, 15) is 13.2 Å². The molecular formula is C24H37N3O5S. The molecule has 3 fully saturated rings. The number of hydrogen-bond acceptors (Lipinski definition) is 6. The Bertz CT molecular complexity index is 918. The zero-order valence-electron chi connectivity index (χ0n) is 19.8. The van der Waals surface area contributed by atoms with Crippen molar-refractivity contribution in [2.24, 2.45) is 11.8 Å². The van der Waals surface area contributed by atoms with Crippen molar-refractivity contribution in [1.82, 2.24) is 14.5 Å². The number of nitrogens with one attached hydrogen (secondary N) is 1. The molecule has 184 valence electrons. The topological polar surface area (TPSA) is 88.2 Å². The van der Waals surface area contributed by atoms with Crippen LogP contribution in [-0.4, -0.2) is 88.7 Å². The van der Waals surface area contributed by atoms with Gasteiger partial charge in [0.1, 0.15) is 0 Å². The van der Waals surface area contributed by atoms with Gasteiger partial charge in [-0.15, -0.1) is 0 Å². The van der Waals surface area contributed by atoms with Crippen molar-refractivity contribution in [3.8, 4) is 0 Å². The summed E-state index contributed by atoms with van der Waals surface area (Å²) in [5.74, 6) is 0.310. The molecule has 2 atom stereocenters. The Morgan fingerprint density at radius 3 is 2.39 bits per heavy atom. The predicted molar refractivity (Wildman–Crippen MR) is 126 cm³/mol. The zero-order chi connectivity index (χ0) is 23.4. The molecule has 3 aliphatic heterocycles. The smallest absolute Gasteiger partial charge is 0.243 e. The maximum atomic E-state index is 13.1. The Balaban J connectivity index is 1.31. The third kappa shape index (κ3) is 5.77. The largest absolute Gasteiger partial charge is 0.381 e. The molecule has 0 radical (unpaired) electrons. The average Bonchev–Trinajstić information content (AvgIpc) is 3.36. The van der Waals surface area contributed by atoms with Crippen molar-refractivity contribution in [2.45, 2.75) is 44.0 Å². The van der Waals surface area contributed by atoms with E-state index in [1.807, 2.05) is 19.9 Å². The first-order chi connectivity index (χ1) is 15.9. The number of amides is 1. The molecular weight excluding hydrogens is 442 g/mol. The van der Waals surface area contributed by atoms with E-state index in [1.165, 1.54) is 4.31 Å². The Hall–Kier alpha value is -1.52. The summed E-state index contributed by atoms with van der Waals surface area (Å²) in [5, 5.41) is 3.18. The lowest BCUT2D eigenvalue weighted by Gasteiger charge is -2.38. The van der Waals surface area contributed by atoms with Crippen LogP contribution >= 0.6 is 0 Å². The predicted octanol–water partition coefficient (Wildman–Crippen LogP) is 1.56. The highest BCUT2D eigenvalue weighted by Crippen LogP contribution is 2.26. The zero-order valence-corrected chi connectivity index (χ0v) is 20.6. The second-order valence-corrected chi connectivity index (χ2v) is 11.4. The number of aryl methyl sites for hydroxylation is 2. The number of benzene rings is 1. The van der Waals surface area contributed by atoms with Crippen LogP contribution in [0.1, 0.15) is 30.4 Å². The first kappa shape index (κ1) is 24.6. The van der Waals surface area contributed by atoms with Gasteiger partial charge in [0, 0.05) is 57.2 Å². The Labute approximate surface area is 197 Å². The van der Waals surface area contributed by atoms with Crippen molar-refractivity contribution in [2.75, 3.05) is 59.2 Å². The van der Waals surface area contributed by atoms with Crippen LogP contribution in [0.5, 0.6) is 0 Å². The number of piperidine rings is 1. The van der Waals surface area contributed by atoms with Gasteiger partial charge in [-0.2, -0.15) is 4.31 Å². The molecule has 0 aliphatic carbocycles. The van der Waals surface area contributed by atoms with E-state index in [4.69, 9.17) is 9.47 Å². The Morgan fingerprint density at radius 2 is 1.76 bits per heavy atom. The number of morpholine rings is 1. The normalized spacial score (nSPS) is 24.6. The van der Waals surface area contributed by atoms with E-state index in [2.05, 4.69) is 10.2 Å². The molecule has 9 heteroatoms. The monoisotopic (exact) mass is 479 g/mol. The minimum Gasteiger partial charge on any atom is -0.381 e. The summed E-state index contributed by atoms with van der Waals surface area (Å²) in [6.07, 6.45) is 2.11. The third-order valence-corrected chi connectivity index (χ3v) is 9.34. The Kier molecular flexibility index (Phi) is 8.07. The molecule has 3 aliphatic rings. The van der Waals surface area contributed by atoms with E-state index < -0.39 is 10.0 Å². The van der Waals surface area contributed by atoms with Crippen LogP contribution in [0.4, 0.5) is 0 Å². The molecule has 1 N–H and O–H groups in total. The standard InChI is InChI=1S/C24H37N3O5S/c1-18-3-4-22(15-19(18)2)33(29,30)27-8-5-20(6-9-27)24(28)25-16-23(21-7-12-32-17-21)26-10-13-31-14-11-26/h3-4,15,20-21,23H,5-14,16-17H2,1-2H3,(H,25,28). The summed E-state index contributed by atoms with van der Waals surface area (Å²) in [7, 11) is -3.53. The Morgan fingerprint density at radius 1 is 1.03 bits per heavy atom. The van der Waals surface area contributed by atoms with Crippen LogP contribution in [0.15, 0.2) is 23.1 Å². The number of carbonyl (C=O) groups is 1. The third-order valence-electron chi connectivity index (χ3n) is 7.45. The maximum Gasteiger partial charge on any atom is 0.243 e. The second-order valence-electron chi connectivity index (χ2n) is 9.51. The fourth-order valence-electron chi connectivity index (χ4n) is 5.09. The number of ether oxygens (including phenoxy) is 2. The highest BCUT2D eigenvalue weighted by Gasteiger charge is 2.35. The van der Waals surface area contributed by atoms with Gasteiger partial charge in [0.25, 0.3) is 0 Å². The lowest BCUT2D eigenvalue weighted by molar-refractivity contribution is -0.126. The van der Waals surface area contributed by atoms with E-state index in [1.54, 1.807) is 12.1 Å². The van der Waals surface area contributed by atoms with E-state index in [0.29, 0.717) is 43.3 Å². The van der Waals surface area contributed by atoms with Gasteiger partial charge in [0.2, 0.25) is 15.9 Å². The minimum atomic E-state index is -3.53. The molecule has 33 heavy (non-hydrogen) atoms. The van der Waals surface area contributed by atoms with Crippen LogP contribution in [0, 0.1) is 25.7 Å². The first-order valence-electron chi connectivity index (χ1n) is 12.1. The van der Waals surface area contributed by atoms with Crippen LogP contribution in [0.3, 0.4) is 0 Å². The minimum absolute atomic E-state index is 0.0374. The van der Waals surface area contributed by atoms with Crippen molar-refractivity contribution >= 4 is 15.9 Å². The van der Waals surface area contributed by atoms with Gasteiger partial charge in [-0.3, -0.25) is 9.69 Å². The second kappa shape index (κ2) is 10.8. The molecule has 3 saturated heterocycles. The van der Waals surface area contributed by atoms with Gasteiger partial charge in [-0.1, -0.05) is 6.07 Å². The lowest BCUT2D eigenvalue weighted by Crippen LogP contribution is -2.53. The summed E-state index contributed by atoms with van der Waals surface area (Å²) >= 11 is 0. The van der Waals surface area contributed by atoms with Gasteiger partial charge in [-0.25, -0.2) is 8.42 Å². The number of hydrogen-bond donors (Lipinski definition) is 1. The van der Waals surface area contributed by atoms with Crippen molar-refractivity contribution < 1.29 is 22.7 Å². The summed E-state index contributed by atoms with van der Waals surface area (Å²) in [6, 6.07) is 5.52. The van der Waals surface area contributed by atoms with Crippen molar-refractivity contribution in [1.29, 1.82) is 0 Å². The lowest BCUT2D eigenvalue weighted by atomic mass is 9.95. The number of nitrogens with zero attached hydrogens (tertiary/aromatic N) is 2. The van der Waals surface area contributed by atoms with Crippen molar-refractivity contribution in [3.63, 3.8) is 0 Å². The van der Waals surface area contributed by atoms with Gasteiger partial charge >= 0.3 is 0 Å². The highest BCUT2D eigenvalue weighted by atomic mass is 32.2. The molecule has 0 saturated carbocycles. The van der Waals surface area contributed by atoms with Crippen LogP contribution in [0.25, 0.3) is 0 Å². The molecule has 1 aromatic carbocycles. The van der Waals surface area contributed by atoms with Crippen LogP contribution in [-0.2, 0) is 24.3 Å². The van der Waals surface area contributed by atoms with Gasteiger partial charge in [0.05, 0.1) is 24.7 Å². The highest BCUT2D eigenvalue weighted by molar-refractivity contribution is 7.89. The van der Waals surface area contributed by atoms with Crippen LogP contribution in [0.2, 0.25) is 0 Å². The van der Waals surface area contributed by atoms with E-state index in [0.717, 1.165) is 57.1 Å². The first-order valence-corrected chi connectivity index (χ1v) is 13.5. The maximum absolute atomic E-state index is 13.1. The molecule has 8 nitrogen and oxygen atoms in total. The molecule has 1 amide bonds. The molecule has 0 aromatic heterocycles. The molecule has 2 unspecified atom stereocenters. The fraction of sp³-hybridized carbons (Fsp3) is 0.708. The summed E-state index contributed by atoms with van der Waals surface area (Å²) in [5.41, 5.74) is 2.04. The summed E-state index contributed by atoms with van der Waals surface area (Å²) in [6.45, 7) is 9.99. The van der Waals surface area contributed by atoms with E-state index in [-0.39, 0.29) is 17.9 Å².